The smallest absolute Gasteiger partial charge is 0.254 e. The summed E-state index contributed by atoms with van der Waals surface area (Å²) in [6.07, 6.45) is 1.70. The van der Waals surface area contributed by atoms with Crippen molar-refractivity contribution in [1.29, 1.82) is 0 Å². The third kappa shape index (κ3) is 4.68. The molecule has 0 N–H and O–H groups in total. The van der Waals surface area contributed by atoms with Gasteiger partial charge in [0.05, 0.1) is 0 Å². The molecule has 0 aliphatic carbocycles. The summed E-state index contributed by atoms with van der Waals surface area (Å²) in [4.78, 5) is 34.8. The molecular weight excluding hydrogens is 352 g/mol. The Morgan fingerprint density at radius 3 is 2.29 bits per heavy atom. The molecule has 1 aromatic heterocycles. The Morgan fingerprint density at radius 2 is 1.68 bits per heavy atom. The predicted octanol–water partition coefficient (Wildman–Crippen LogP) is 2.80. The summed E-state index contributed by atoms with van der Waals surface area (Å²) in [5.41, 5.74) is 1.84. The number of carbonyl (C=O) groups is 2. The number of aromatic nitrogens is 1. The molecule has 1 saturated heterocycles. The summed E-state index contributed by atoms with van der Waals surface area (Å²) in [6, 6.07) is 14.2. The largest absolute Gasteiger partial charge is 0.350 e. The molecule has 1 aromatic carbocycles. The monoisotopic (exact) mass is 380 g/mol. The quantitative estimate of drug-likeness (QED) is 0.800. The molecule has 2 aromatic rings. The van der Waals surface area contributed by atoms with Crippen molar-refractivity contribution in [3.63, 3.8) is 0 Å². The molecule has 2 heterocycles. The number of amides is 2. The lowest BCUT2D eigenvalue weighted by Crippen LogP contribution is -2.50. The molecule has 28 heavy (non-hydrogen) atoms. The van der Waals surface area contributed by atoms with Gasteiger partial charge >= 0.3 is 0 Å². The van der Waals surface area contributed by atoms with Crippen LogP contribution in [0, 0.1) is 0 Å². The number of rotatable bonds is 5. The highest BCUT2D eigenvalue weighted by Crippen LogP contribution is 2.20. The van der Waals surface area contributed by atoms with Gasteiger partial charge in [0.1, 0.15) is 5.82 Å². The van der Waals surface area contributed by atoms with Crippen molar-refractivity contribution in [2.75, 3.05) is 31.1 Å². The summed E-state index contributed by atoms with van der Waals surface area (Å²) < 4.78 is 0. The van der Waals surface area contributed by atoms with E-state index in [0.29, 0.717) is 31.7 Å². The van der Waals surface area contributed by atoms with Crippen LogP contribution < -0.4 is 4.90 Å². The minimum Gasteiger partial charge on any atom is -0.350 e. The van der Waals surface area contributed by atoms with Gasteiger partial charge in [0.2, 0.25) is 5.91 Å². The summed E-state index contributed by atoms with van der Waals surface area (Å²) in [5, 5.41) is 0. The first-order valence-corrected chi connectivity index (χ1v) is 9.77. The van der Waals surface area contributed by atoms with Gasteiger partial charge in [0, 0.05) is 57.4 Å². The van der Waals surface area contributed by atoms with E-state index in [1.807, 2.05) is 29.2 Å². The summed E-state index contributed by atoms with van der Waals surface area (Å²) in [6.45, 7) is 8.86. The van der Waals surface area contributed by atoms with Gasteiger partial charge in [-0.15, -0.1) is 0 Å². The Kier molecular flexibility index (Phi) is 6.29. The molecule has 148 valence electrons. The first-order chi connectivity index (χ1) is 13.5. The number of nitrogens with zero attached hydrogens (tertiary/aromatic N) is 4. The fourth-order valence-corrected chi connectivity index (χ4v) is 3.42. The molecule has 2 amide bonds. The van der Waals surface area contributed by atoms with Crippen LogP contribution in [0.3, 0.4) is 0 Å². The van der Waals surface area contributed by atoms with Gasteiger partial charge < -0.3 is 14.7 Å². The van der Waals surface area contributed by atoms with Crippen molar-refractivity contribution < 1.29 is 9.59 Å². The fourth-order valence-electron chi connectivity index (χ4n) is 3.42. The third-order valence-corrected chi connectivity index (χ3v) is 5.12. The predicted molar refractivity (Wildman–Crippen MR) is 110 cm³/mol. The third-order valence-electron chi connectivity index (χ3n) is 5.12. The summed E-state index contributed by atoms with van der Waals surface area (Å²) in [7, 11) is 0. The minimum atomic E-state index is -0.00438. The van der Waals surface area contributed by atoms with Crippen LogP contribution in [0.2, 0.25) is 0 Å². The Morgan fingerprint density at radius 1 is 1.04 bits per heavy atom. The first-order valence-electron chi connectivity index (χ1n) is 9.77. The van der Waals surface area contributed by atoms with Crippen molar-refractivity contribution in [2.45, 2.75) is 33.4 Å². The van der Waals surface area contributed by atoms with E-state index in [4.69, 9.17) is 0 Å². The lowest BCUT2D eigenvalue weighted by molar-refractivity contribution is -0.130. The molecule has 0 spiro atoms. The molecule has 3 rings (SSSR count). The number of hydrogen-bond donors (Lipinski definition) is 0. The van der Waals surface area contributed by atoms with Gasteiger partial charge in [-0.1, -0.05) is 30.3 Å². The normalized spacial score (nSPS) is 14.3. The first kappa shape index (κ1) is 19.9. The second-order valence-corrected chi connectivity index (χ2v) is 7.41. The Labute approximate surface area is 166 Å². The van der Waals surface area contributed by atoms with Gasteiger partial charge in [0.25, 0.3) is 5.91 Å². The molecule has 6 heteroatoms. The topological polar surface area (TPSA) is 56.8 Å². The van der Waals surface area contributed by atoms with Crippen LogP contribution in [-0.4, -0.2) is 58.8 Å². The molecule has 1 fully saturated rings. The number of carbonyl (C=O) groups excluding carboxylic acids is 2. The molecule has 0 bridgehead atoms. The lowest BCUT2D eigenvalue weighted by Gasteiger charge is -2.34. The van der Waals surface area contributed by atoms with E-state index >= 15 is 0 Å². The molecule has 1 aliphatic heterocycles. The van der Waals surface area contributed by atoms with Crippen LogP contribution in [0.4, 0.5) is 5.82 Å². The highest BCUT2D eigenvalue weighted by molar-refractivity contribution is 5.95. The van der Waals surface area contributed by atoms with Gasteiger partial charge in [-0.2, -0.15) is 0 Å². The van der Waals surface area contributed by atoms with E-state index in [9.17, 15) is 9.59 Å². The number of anilines is 1. The lowest BCUT2D eigenvalue weighted by atomic mass is 10.1. The Bertz CT molecular complexity index is 814. The van der Waals surface area contributed by atoms with Crippen molar-refractivity contribution in [3.8, 4) is 0 Å². The van der Waals surface area contributed by atoms with E-state index in [2.05, 4.69) is 35.9 Å². The molecule has 0 atom stereocenters. The molecule has 0 saturated carbocycles. The Hall–Kier alpha value is -2.89. The highest BCUT2D eigenvalue weighted by Gasteiger charge is 2.24. The van der Waals surface area contributed by atoms with Crippen LogP contribution in [0.15, 0.2) is 48.7 Å². The zero-order valence-corrected chi connectivity index (χ0v) is 16.8. The van der Waals surface area contributed by atoms with E-state index in [1.165, 1.54) is 5.56 Å². The van der Waals surface area contributed by atoms with E-state index < -0.39 is 0 Å². The maximum absolute atomic E-state index is 13.0. The fraction of sp³-hybridized carbons (Fsp3) is 0.409. The van der Waals surface area contributed by atoms with Crippen LogP contribution in [0.25, 0.3) is 0 Å². The van der Waals surface area contributed by atoms with Crippen LogP contribution in [-0.2, 0) is 11.3 Å². The van der Waals surface area contributed by atoms with Crippen LogP contribution in [0.1, 0.15) is 36.7 Å². The zero-order chi connectivity index (χ0) is 20.1. The Balaban J connectivity index is 1.75. The van der Waals surface area contributed by atoms with Gasteiger partial charge in [0.15, 0.2) is 0 Å². The number of hydrogen-bond acceptors (Lipinski definition) is 4. The minimum absolute atomic E-state index is 0.00438. The van der Waals surface area contributed by atoms with E-state index in [0.717, 1.165) is 12.4 Å². The van der Waals surface area contributed by atoms with Crippen molar-refractivity contribution in [1.82, 2.24) is 14.8 Å². The summed E-state index contributed by atoms with van der Waals surface area (Å²) in [5.74, 6) is 0.856. The SMILES string of the molecule is CC(=O)N1CCN(C(=O)c2ccnc(N(Cc3ccccc3)C(C)C)c2)CC1. The van der Waals surface area contributed by atoms with Crippen LogP contribution in [0.5, 0.6) is 0 Å². The van der Waals surface area contributed by atoms with Gasteiger partial charge in [-0.3, -0.25) is 9.59 Å². The number of piperazine rings is 1. The van der Waals surface area contributed by atoms with E-state index in [1.54, 1.807) is 24.1 Å². The second-order valence-electron chi connectivity index (χ2n) is 7.41. The van der Waals surface area contributed by atoms with Gasteiger partial charge in [-0.25, -0.2) is 4.98 Å². The van der Waals surface area contributed by atoms with Crippen molar-refractivity contribution >= 4 is 17.6 Å². The standard InChI is InChI=1S/C22H28N4O2/c1-17(2)26(16-19-7-5-4-6-8-19)21-15-20(9-10-23-21)22(28)25-13-11-24(12-14-25)18(3)27/h4-10,15,17H,11-14,16H2,1-3H3. The molecule has 0 unspecified atom stereocenters. The van der Waals surface area contributed by atoms with E-state index in [-0.39, 0.29) is 17.9 Å². The van der Waals surface area contributed by atoms with Crippen LogP contribution >= 0.6 is 0 Å². The molecule has 1 aliphatic rings. The molecule has 0 radical (unpaired) electrons. The van der Waals surface area contributed by atoms with Gasteiger partial charge in [-0.05, 0) is 31.5 Å². The van der Waals surface area contributed by atoms with Crippen molar-refractivity contribution in [3.05, 3.63) is 59.8 Å². The van der Waals surface area contributed by atoms with Crippen molar-refractivity contribution in [2.24, 2.45) is 0 Å². The average Bonchev–Trinajstić information content (AvgIpc) is 2.72. The number of benzene rings is 1. The maximum atomic E-state index is 13.0. The number of pyridine rings is 1. The molecular formula is C22H28N4O2. The highest BCUT2D eigenvalue weighted by atomic mass is 16.2. The maximum Gasteiger partial charge on any atom is 0.254 e. The summed E-state index contributed by atoms with van der Waals surface area (Å²) >= 11 is 0. The second kappa shape index (κ2) is 8.87. The zero-order valence-electron chi connectivity index (χ0n) is 16.8. The average molecular weight is 380 g/mol. The molecule has 6 nitrogen and oxygen atoms in total.